The Bertz CT molecular complexity index is 440. The van der Waals surface area contributed by atoms with Gasteiger partial charge in [-0.15, -0.1) is 12.6 Å². The van der Waals surface area contributed by atoms with Gasteiger partial charge in [-0.2, -0.15) is 5.26 Å². The highest BCUT2D eigenvalue weighted by molar-refractivity contribution is 7.80. The van der Waals surface area contributed by atoms with Crippen LogP contribution in [0.4, 0.5) is 4.39 Å². The third-order valence-corrected chi connectivity index (χ3v) is 1.93. The normalized spacial score (nSPS) is 9.47. The summed E-state index contributed by atoms with van der Waals surface area (Å²) in [4.78, 5) is 11.6. The molecular weight excluding hydrogens is 217 g/mol. The third kappa shape index (κ3) is 2.48. The number of nitriles is 1. The number of nitrogens with zero attached hydrogens (tertiary/aromatic N) is 1. The smallest absolute Gasteiger partial charge is 0.341 e. The van der Waals surface area contributed by atoms with Crippen molar-refractivity contribution >= 4 is 18.6 Å². The summed E-state index contributed by atoms with van der Waals surface area (Å²) in [5.74, 6) is -1.66. The van der Waals surface area contributed by atoms with Crippen LogP contribution in [-0.4, -0.2) is 12.6 Å². The molecule has 1 aromatic rings. The number of hydrogen-bond donors (Lipinski definition) is 1. The summed E-state index contributed by atoms with van der Waals surface area (Å²) in [6.07, 6.45) is 0. The van der Waals surface area contributed by atoms with Gasteiger partial charge in [0.1, 0.15) is 6.07 Å². The molecule has 0 aliphatic carbocycles. The highest BCUT2D eigenvalue weighted by Crippen LogP contribution is 2.19. The molecule has 0 saturated carbocycles. The third-order valence-electron chi connectivity index (χ3n) is 1.67. The van der Waals surface area contributed by atoms with E-state index in [4.69, 9.17) is 5.26 Å². The number of benzene rings is 1. The number of halogens is 1. The molecule has 0 aromatic heterocycles. The van der Waals surface area contributed by atoms with Crippen molar-refractivity contribution in [1.29, 1.82) is 5.26 Å². The minimum atomic E-state index is -0.867. The topological polar surface area (TPSA) is 50.1 Å². The van der Waals surface area contributed by atoms with Crippen LogP contribution in [0.2, 0.25) is 0 Å². The minimum absolute atomic E-state index is 0.150. The van der Waals surface area contributed by atoms with Crippen LogP contribution in [0.1, 0.15) is 22.8 Å². The molecule has 3 nitrogen and oxygen atoms in total. The fraction of sp³-hybridized carbons (Fsp3) is 0.200. The molecule has 0 aliphatic heterocycles. The van der Waals surface area contributed by atoms with E-state index in [1.165, 1.54) is 12.1 Å². The summed E-state index contributed by atoms with van der Waals surface area (Å²) in [6.45, 7) is 1.77. The van der Waals surface area contributed by atoms with E-state index in [2.05, 4.69) is 17.4 Å². The largest absolute Gasteiger partial charge is 0.462 e. The second-order valence-corrected chi connectivity index (χ2v) is 3.20. The van der Waals surface area contributed by atoms with Crippen molar-refractivity contribution in [1.82, 2.24) is 0 Å². The van der Waals surface area contributed by atoms with E-state index < -0.39 is 11.8 Å². The van der Waals surface area contributed by atoms with Crippen LogP contribution in [0, 0.1) is 17.1 Å². The molecule has 0 amide bonds. The number of ether oxygens (including phenoxy) is 1. The molecule has 0 atom stereocenters. The fourth-order valence-electron chi connectivity index (χ4n) is 1.05. The van der Waals surface area contributed by atoms with Gasteiger partial charge in [0.15, 0.2) is 5.82 Å². The molecule has 1 rings (SSSR count). The molecule has 0 saturated heterocycles. The van der Waals surface area contributed by atoms with Crippen LogP contribution in [0.25, 0.3) is 0 Å². The molecule has 0 bridgehead atoms. The molecule has 5 heteroatoms. The van der Waals surface area contributed by atoms with Gasteiger partial charge in [-0.1, -0.05) is 0 Å². The van der Waals surface area contributed by atoms with Crippen LogP contribution >= 0.6 is 12.6 Å². The maximum Gasteiger partial charge on any atom is 0.341 e. The maximum atomic E-state index is 13.5. The monoisotopic (exact) mass is 225 g/mol. The highest BCUT2D eigenvalue weighted by atomic mass is 32.1. The average Bonchev–Trinajstić information content (AvgIpc) is 2.21. The van der Waals surface area contributed by atoms with Crippen LogP contribution < -0.4 is 0 Å². The van der Waals surface area contributed by atoms with Crippen LogP contribution in [0.5, 0.6) is 0 Å². The predicted octanol–water partition coefficient (Wildman–Crippen LogP) is 2.16. The molecule has 0 radical (unpaired) electrons. The number of rotatable bonds is 2. The second kappa shape index (κ2) is 4.80. The van der Waals surface area contributed by atoms with E-state index in [1.54, 1.807) is 13.0 Å². The zero-order chi connectivity index (χ0) is 11.4. The summed E-state index contributed by atoms with van der Waals surface area (Å²) in [7, 11) is 0. The first-order valence-electron chi connectivity index (χ1n) is 4.19. The van der Waals surface area contributed by atoms with Gasteiger partial charge in [-0.05, 0) is 19.1 Å². The molecule has 0 aliphatic rings. The highest BCUT2D eigenvalue weighted by Gasteiger charge is 2.17. The number of esters is 1. The van der Waals surface area contributed by atoms with Crippen molar-refractivity contribution in [3.8, 4) is 6.07 Å². The lowest BCUT2D eigenvalue weighted by Crippen LogP contribution is -2.08. The number of thiol groups is 1. The fourth-order valence-corrected chi connectivity index (χ4v) is 1.31. The summed E-state index contributed by atoms with van der Waals surface area (Å²) >= 11 is 3.96. The van der Waals surface area contributed by atoms with Gasteiger partial charge >= 0.3 is 5.97 Å². The molecular formula is C10H8FNO2S. The molecule has 15 heavy (non-hydrogen) atoms. The number of carbonyl (C=O) groups is 1. The number of carbonyl (C=O) groups excluding carboxylic acids is 1. The van der Waals surface area contributed by atoms with Gasteiger partial charge in [0.2, 0.25) is 0 Å². The molecule has 0 heterocycles. The van der Waals surface area contributed by atoms with Gasteiger partial charge in [-0.3, -0.25) is 0 Å². The van der Waals surface area contributed by atoms with Gasteiger partial charge in [0, 0.05) is 4.90 Å². The summed E-state index contributed by atoms with van der Waals surface area (Å²) in [6, 6.07) is 4.13. The summed E-state index contributed by atoms with van der Waals surface area (Å²) in [5, 5.41) is 8.60. The van der Waals surface area contributed by atoms with E-state index in [9.17, 15) is 9.18 Å². The van der Waals surface area contributed by atoms with Crippen molar-refractivity contribution in [2.24, 2.45) is 0 Å². The Morgan fingerprint density at radius 1 is 1.67 bits per heavy atom. The SMILES string of the molecule is CCOC(=O)c1cc(S)cc(C#N)c1F. The van der Waals surface area contributed by atoms with Crippen LogP contribution in [-0.2, 0) is 4.74 Å². The summed E-state index contributed by atoms with van der Waals surface area (Å²) in [5.41, 5.74) is -0.480. The Hall–Kier alpha value is -1.54. The Morgan fingerprint density at radius 3 is 2.87 bits per heavy atom. The lowest BCUT2D eigenvalue weighted by Gasteiger charge is -2.05. The van der Waals surface area contributed by atoms with Gasteiger partial charge in [0.05, 0.1) is 17.7 Å². The predicted molar refractivity (Wildman–Crippen MR) is 54.3 cm³/mol. The molecule has 0 fully saturated rings. The molecule has 78 valence electrons. The standard InChI is InChI=1S/C10H8FNO2S/c1-2-14-10(13)8-4-7(15)3-6(5-12)9(8)11/h3-4,15H,2H2,1H3. The van der Waals surface area contributed by atoms with E-state index >= 15 is 0 Å². The Balaban J connectivity index is 3.24. The van der Waals surface area contributed by atoms with Gasteiger partial charge in [-0.25, -0.2) is 9.18 Å². The molecule has 0 N–H and O–H groups in total. The summed E-state index contributed by atoms with van der Waals surface area (Å²) < 4.78 is 18.1. The van der Waals surface area contributed by atoms with Crippen LogP contribution in [0.15, 0.2) is 17.0 Å². The Labute approximate surface area is 91.9 Å². The van der Waals surface area contributed by atoms with E-state index in [0.29, 0.717) is 4.90 Å². The zero-order valence-electron chi connectivity index (χ0n) is 7.95. The van der Waals surface area contributed by atoms with Gasteiger partial charge < -0.3 is 4.74 Å². The van der Waals surface area contributed by atoms with Crippen molar-refractivity contribution in [2.75, 3.05) is 6.61 Å². The van der Waals surface area contributed by atoms with E-state index in [-0.39, 0.29) is 17.7 Å². The van der Waals surface area contributed by atoms with Crippen molar-refractivity contribution in [3.63, 3.8) is 0 Å². The van der Waals surface area contributed by atoms with Crippen LogP contribution in [0.3, 0.4) is 0 Å². The zero-order valence-corrected chi connectivity index (χ0v) is 8.85. The first-order chi connectivity index (χ1) is 7.10. The Morgan fingerprint density at radius 2 is 2.33 bits per heavy atom. The second-order valence-electron chi connectivity index (χ2n) is 2.69. The van der Waals surface area contributed by atoms with Crippen molar-refractivity contribution < 1.29 is 13.9 Å². The lowest BCUT2D eigenvalue weighted by molar-refractivity contribution is 0.0520. The van der Waals surface area contributed by atoms with Gasteiger partial charge in [0.25, 0.3) is 0 Å². The molecule has 0 unspecified atom stereocenters. The lowest BCUT2D eigenvalue weighted by atomic mass is 10.1. The average molecular weight is 225 g/mol. The maximum absolute atomic E-state index is 13.5. The van der Waals surface area contributed by atoms with Crippen molar-refractivity contribution in [2.45, 2.75) is 11.8 Å². The van der Waals surface area contributed by atoms with E-state index in [1.807, 2.05) is 0 Å². The van der Waals surface area contributed by atoms with E-state index in [0.717, 1.165) is 0 Å². The van der Waals surface area contributed by atoms with Crippen molar-refractivity contribution in [3.05, 3.63) is 29.1 Å². The molecule has 0 spiro atoms. The first kappa shape index (κ1) is 11.5. The quantitative estimate of drug-likeness (QED) is 0.619. The first-order valence-corrected chi connectivity index (χ1v) is 4.64. The molecule has 1 aromatic carbocycles. The minimum Gasteiger partial charge on any atom is -0.462 e. The number of hydrogen-bond acceptors (Lipinski definition) is 4. The Kier molecular flexibility index (Phi) is 3.69.